The number of para-hydroxylation sites is 2. The monoisotopic (exact) mass is 376 g/mol. The second-order valence-corrected chi connectivity index (χ2v) is 6.15. The van der Waals surface area contributed by atoms with Gasteiger partial charge in [-0.15, -0.1) is 12.4 Å². The van der Waals surface area contributed by atoms with Crippen molar-refractivity contribution in [3.8, 4) is 11.5 Å². The standard InChI is InChI=1S/C20H24N2O3.ClH/c1-24-20(11-13-21-14-12-20)19(23)22-15-16-7-5-6-10-18(16)25-17-8-3-2-4-9-17;/h2-10,21H,11-15H2,1H3,(H,22,23);1H. The van der Waals surface area contributed by atoms with Crippen molar-refractivity contribution in [2.75, 3.05) is 20.2 Å². The summed E-state index contributed by atoms with van der Waals surface area (Å²) >= 11 is 0. The van der Waals surface area contributed by atoms with Crippen molar-refractivity contribution in [2.24, 2.45) is 0 Å². The molecule has 6 heteroatoms. The summed E-state index contributed by atoms with van der Waals surface area (Å²) in [5, 5.41) is 6.27. The maximum Gasteiger partial charge on any atom is 0.252 e. The van der Waals surface area contributed by atoms with Gasteiger partial charge in [0.15, 0.2) is 0 Å². The van der Waals surface area contributed by atoms with E-state index in [-0.39, 0.29) is 18.3 Å². The Balaban J connectivity index is 0.00000243. The van der Waals surface area contributed by atoms with Crippen LogP contribution in [-0.4, -0.2) is 31.7 Å². The molecule has 5 nitrogen and oxygen atoms in total. The zero-order valence-electron chi connectivity index (χ0n) is 14.9. The number of amides is 1. The van der Waals surface area contributed by atoms with E-state index in [0.717, 1.165) is 30.2 Å². The third-order valence-electron chi connectivity index (χ3n) is 4.60. The van der Waals surface area contributed by atoms with E-state index in [1.54, 1.807) is 7.11 Å². The predicted octanol–water partition coefficient (Wildman–Crippen LogP) is 3.29. The molecule has 0 saturated carbocycles. The Morgan fingerprint density at radius 2 is 1.73 bits per heavy atom. The first-order chi connectivity index (χ1) is 12.2. The number of halogens is 1. The minimum atomic E-state index is -0.736. The number of carbonyl (C=O) groups excluding carboxylic acids is 1. The van der Waals surface area contributed by atoms with Gasteiger partial charge in [0.05, 0.1) is 0 Å². The van der Waals surface area contributed by atoms with E-state index in [2.05, 4.69) is 10.6 Å². The van der Waals surface area contributed by atoms with Crippen LogP contribution in [0.4, 0.5) is 0 Å². The lowest BCUT2D eigenvalue weighted by molar-refractivity contribution is -0.146. The van der Waals surface area contributed by atoms with E-state index in [0.29, 0.717) is 19.4 Å². The fourth-order valence-electron chi connectivity index (χ4n) is 3.06. The van der Waals surface area contributed by atoms with Crippen molar-refractivity contribution < 1.29 is 14.3 Å². The van der Waals surface area contributed by atoms with E-state index >= 15 is 0 Å². The van der Waals surface area contributed by atoms with Crippen LogP contribution in [0.3, 0.4) is 0 Å². The molecular weight excluding hydrogens is 352 g/mol. The Bertz CT molecular complexity index is 703. The maximum absolute atomic E-state index is 12.7. The Labute approximate surface area is 160 Å². The van der Waals surface area contributed by atoms with Gasteiger partial charge in [-0.05, 0) is 44.1 Å². The number of benzene rings is 2. The minimum absolute atomic E-state index is 0. The minimum Gasteiger partial charge on any atom is -0.457 e. The van der Waals surface area contributed by atoms with Crippen molar-refractivity contribution in [1.29, 1.82) is 0 Å². The first-order valence-electron chi connectivity index (χ1n) is 8.58. The van der Waals surface area contributed by atoms with Crippen molar-refractivity contribution >= 4 is 18.3 Å². The molecule has 26 heavy (non-hydrogen) atoms. The van der Waals surface area contributed by atoms with Crippen LogP contribution < -0.4 is 15.4 Å². The van der Waals surface area contributed by atoms with Crippen molar-refractivity contribution in [1.82, 2.24) is 10.6 Å². The molecule has 0 spiro atoms. The number of methoxy groups -OCH3 is 1. The highest BCUT2D eigenvalue weighted by atomic mass is 35.5. The van der Waals surface area contributed by atoms with Crippen LogP contribution in [0.2, 0.25) is 0 Å². The molecule has 2 N–H and O–H groups in total. The summed E-state index contributed by atoms with van der Waals surface area (Å²) in [7, 11) is 1.61. The van der Waals surface area contributed by atoms with E-state index in [4.69, 9.17) is 9.47 Å². The normalized spacial score (nSPS) is 15.6. The molecule has 0 aliphatic carbocycles. The van der Waals surface area contributed by atoms with Gasteiger partial charge in [0.25, 0.3) is 5.91 Å². The highest BCUT2D eigenvalue weighted by Crippen LogP contribution is 2.26. The molecule has 3 rings (SSSR count). The summed E-state index contributed by atoms with van der Waals surface area (Å²) < 4.78 is 11.5. The number of rotatable bonds is 6. The molecule has 1 fully saturated rings. The fourth-order valence-corrected chi connectivity index (χ4v) is 3.06. The van der Waals surface area contributed by atoms with E-state index in [1.165, 1.54) is 0 Å². The molecule has 0 bridgehead atoms. The van der Waals surface area contributed by atoms with Gasteiger partial charge in [0.1, 0.15) is 17.1 Å². The van der Waals surface area contributed by atoms with Gasteiger partial charge in [0.2, 0.25) is 0 Å². The quantitative estimate of drug-likeness (QED) is 0.812. The molecule has 0 radical (unpaired) electrons. The summed E-state index contributed by atoms with van der Waals surface area (Å²) in [4.78, 5) is 12.7. The highest BCUT2D eigenvalue weighted by molar-refractivity contribution is 5.85. The summed E-state index contributed by atoms with van der Waals surface area (Å²) in [6.07, 6.45) is 1.36. The van der Waals surface area contributed by atoms with Gasteiger partial charge in [-0.25, -0.2) is 0 Å². The molecule has 1 heterocycles. The maximum atomic E-state index is 12.7. The zero-order valence-corrected chi connectivity index (χ0v) is 15.7. The first kappa shape index (κ1) is 20.2. The number of nitrogens with one attached hydrogen (secondary N) is 2. The summed E-state index contributed by atoms with van der Waals surface area (Å²) in [6, 6.07) is 17.4. The molecule has 0 aromatic heterocycles. The molecule has 2 aromatic rings. The zero-order chi connectivity index (χ0) is 17.5. The van der Waals surface area contributed by atoms with Gasteiger partial charge in [-0.1, -0.05) is 36.4 Å². The second kappa shape index (κ2) is 9.57. The fraction of sp³-hybridized carbons (Fsp3) is 0.350. The average Bonchev–Trinajstić information content (AvgIpc) is 2.68. The van der Waals surface area contributed by atoms with Crippen molar-refractivity contribution in [3.63, 3.8) is 0 Å². The Kier molecular flexibility index (Phi) is 7.45. The lowest BCUT2D eigenvalue weighted by Crippen LogP contribution is -2.53. The summed E-state index contributed by atoms with van der Waals surface area (Å²) in [6.45, 7) is 1.98. The highest BCUT2D eigenvalue weighted by Gasteiger charge is 2.39. The van der Waals surface area contributed by atoms with Crippen LogP contribution in [0.1, 0.15) is 18.4 Å². The van der Waals surface area contributed by atoms with E-state index < -0.39 is 5.60 Å². The second-order valence-electron chi connectivity index (χ2n) is 6.15. The Morgan fingerprint density at radius 1 is 1.08 bits per heavy atom. The van der Waals surface area contributed by atoms with Crippen LogP contribution in [0.25, 0.3) is 0 Å². The number of hydrogen-bond donors (Lipinski definition) is 2. The molecule has 1 aliphatic rings. The molecule has 2 aromatic carbocycles. The molecule has 1 saturated heterocycles. The summed E-state index contributed by atoms with van der Waals surface area (Å²) in [5.74, 6) is 1.45. The number of carbonyl (C=O) groups is 1. The van der Waals surface area contributed by atoms with Crippen molar-refractivity contribution in [3.05, 3.63) is 60.2 Å². The largest absolute Gasteiger partial charge is 0.457 e. The van der Waals surface area contributed by atoms with Gasteiger partial charge < -0.3 is 20.1 Å². The van der Waals surface area contributed by atoms with Crippen LogP contribution in [-0.2, 0) is 16.1 Å². The Hall–Kier alpha value is -2.08. The average molecular weight is 377 g/mol. The molecular formula is C20H25ClN2O3. The predicted molar refractivity (Wildman–Crippen MR) is 104 cm³/mol. The SMILES string of the molecule is COC1(C(=O)NCc2ccccc2Oc2ccccc2)CCNCC1.Cl. The first-order valence-corrected chi connectivity index (χ1v) is 8.58. The number of hydrogen-bond acceptors (Lipinski definition) is 4. The van der Waals surface area contributed by atoms with E-state index in [9.17, 15) is 4.79 Å². The number of piperidine rings is 1. The topological polar surface area (TPSA) is 59.6 Å². The number of ether oxygens (including phenoxy) is 2. The Morgan fingerprint density at radius 3 is 2.42 bits per heavy atom. The molecule has 0 unspecified atom stereocenters. The lowest BCUT2D eigenvalue weighted by atomic mass is 9.91. The van der Waals surface area contributed by atoms with E-state index in [1.807, 2.05) is 54.6 Å². The van der Waals surface area contributed by atoms with Gasteiger partial charge >= 0.3 is 0 Å². The van der Waals surface area contributed by atoms with Crippen LogP contribution in [0.15, 0.2) is 54.6 Å². The molecule has 1 amide bonds. The van der Waals surface area contributed by atoms with Gasteiger partial charge in [-0.3, -0.25) is 4.79 Å². The smallest absolute Gasteiger partial charge is 0.252 e. The van der Waals surface area contributed by atoms with Crippen LogP contribution >= 0.6 is 12.4 Å². The molecule has 0 atom stereocenters. The van der Waals surface area contributed by atoms with Gasteiger partial charge in [0, 0.05) is 19.2 Å². The van der Waals surface area contributed by atoms with Crippen LogP contribution in [0, 0.1) is 0 Å². The summed E-state index contributed by atoms with van der Waals surface area (Å²) in [5.41, 5.74) is 0.195. The van der Waals surface area contributed by atoms with Gasteiger partial charge in [-0.2, -0.15) is 0 Å². The molecule has 140 valence electrons. The van der Waals surface area contributed by atoms with Crippen molar-refractivity contribution in [2.45, 2.75) is 25.0 Å². The molecule has 1 aliphatic heterocycles. The lowest BCUT2D eigenvalue weighted by Gasteiger charge is -2.34. The third kappa shape index (κ3) is 4.75. The van der Waals surface area contributed by atoms with Crippen LogP contribution in [0.5, 0.6) is 11.5 Å². The third-order valence-corrected chi connectivity index (χ3v) is 4.60.